The lowest BCUT2D eigenvalue weighted by Gasteiger charge is -2.31. The van der Waals surface area contributed by atoms with Crippen molar-refractivity contribution >= 4 is 11.8 Å². The van der Waals surface area contributed by atoms with Crippen LogP contribution in [0.4, 0.5) is 4.39 Å². The van der Waals surface area contributed by atoms with Crippen molar-refractivity contribution < 1.29 is 14.0 Å². The SMILES string of the molecule is CC1=C(CC(=O)N[C@@H](C)c2ncc(C#N)nc2C)C(=O)NC2[CH]C=C(F)C(C#N)=C12. The number of aromatic nitrogens is 2. The van der Waals surface area contributed by atoms with Gasteiger partial charge in [-0.2, -0.15) is 10.5 Å². The fourth-order valence-corrected chi connectivity index (χ4v) is 3.56. The van der Waals surface area contributed by atoms with Crippen LogP contribution in [0.15, 0.2) is 40.4 Å². The molecule has 151 valence electrons. The zero-order valence-corrected chi connectivity index (χ0v) is 16.6. The van der Waals surface area contributed by atoms with Gasteiger partial charge in [0.1, 0.15) is 18.0 Å². The molecule has 0 spiro atoms. The van der Waals surface area contributed by atoms with Crippen LogP contribution in [0.1, 0.15) is 43.4 Å². The Balaban J connectivity index is 1.83. The average molecular weight is 405 g/mol. The van der Waals surface area contributed by atoms with E-state index in [9.17, 15) is 19.2 Å². The molecule has 1 aliphatic carbocycles. The first-order chi connectivity index (χ1) is 14.3. The Morgan fingerprint density at radius 2 is 2.10 bits per heavy atom. The molecule has 1 aliphatic heterocycles. The number of fused-ring (bicyclic) bond motifs is 1. The summed E-state index contributed by atoms with van der Waals surface area (Å²) in [6.45, 7) is 5.00. The molecular weight excluding hydrogens is 387 g/mol. The number of hydrogen-bond donors (Lipinski definition) is 2. The molecule has 0 fully saturated rings. The molecular formula is C21H18FN6O2. The normalized spacial score (nSPS) is 19.2. The largest absolute Gasteiger partial charge is 0.348 e. The lowest BCUT2D eigenvalue weighted by molar-refractivity contribution is -0.124. The van der Waals surface area contributed by atoms with Crippen LogP contribution in [0.25, 0.3) is 0 Å². The quantitative estimate of drug-likeness (QED) is 0.787. The van der Waals surface area contributed by atoms with Gasteiger partial charge in [-0.15, -0.1) is 0 Å². The number of halogens is 1. The predicted octanol–water partition coefficient (Wildman–Crippen LogP) is 1.93. The Labute approximate surface area is 172 Å². The molecule has 1 aromatic rings. The van der Waals surface area contributed by atoms with Crippen LogP contribution in [-0.2, 0) is 9.59 Å². The summed E-state index contributed by atoms with van der Waals surface area (Å²) < 4.78 is 14.0. The topological polar surface area (TPSA) is 132 Å². The van der Waals surface area contributed by atoms with Crippen molar-refractivity contribution in [2.24, 2.45) is 0 Å². The van der Waals surface area contributed by atoms with Gasteiger partial charge in [0.2, 0.25) is 11.8 Å². The van der Waals surface area contributed by atoms with E-state index in [1.807, 2.05) is 12.1 Å². The van der Waals surface area contributed by atoms with Crippen molar-refractivity contribution in [2.75, 3.05) is 0 Å². The van der Waals surface area contributed by atoms with E-state index < -0.39 is 29.7 Å². The Kier molecular flexibility index (Phi) is 5.74. The van der Waals surface area contributed by atoms with Crippen molar-refractivity contribution in [3.8, 4) is 12.1 Å². The zero-order valence-electron chi connectivity index (χ0n) is 16.6. The van der Waals surface area contributed by atoms with E-state index in [1.165, 1.54) is 12.6 Å². The molecule has 2 amide bonds. The highest BCUT2D eigenvalue weighted by atomic mass is 19.1. The molecule has 2 atom stereocenters. The van der Waals surface area contributed by atoms with Gasteiger partial charge in [0, 0.05) is 12.0 Å². The summed E-state index contributed by atoms with van der Waals surface area (Å²) in [5, 5.41) is 23.6. The molecule has 0 aromatic carbocycles. The van der Waals surface area contributed by atoms with Crippen LogP contribution in [0.2, 0.25) is 0 Å². The second-order valence-electron chi connectivity index (χ2n) is 6.97. The first kappa shape index (κ1) is 20.9. The van der Waals surface area contributed by atoms with E-state index in [2.05, 4.69) is 20.6 Å². The van der Waals surface area contributed by atoms with Crippen molar-refractivity contribution in [1.29, 1.82) is 10.5 Å². The molecule has 2 N–H and O–H groups in total. The Bertz CT molecular complexity index is 1120. The molecule has 1 unspecified atom stereocenters. The molecule has 8 nitrogen and oxygen atoms in total. The molecule has 0 saturated carbocycles. The summed E-state index contributed by atoms with van der Waals surface area (Å²) in [4.78, 5) is 33.4. The number of amides is 2. The van der Waals surface area contributed by atoms with Gasteiger partial charge in [0.05, 0.1) is 41.7 Å². The van der Waals surface area contributed by atoms with Crippen molar-refractivity contribution in [2.45, 2.75) is 39.3 Å². The second-order valence-corrected chi connectivity index (χ2v) is 6.97. The minimum atomic E-state index is -0.675. The summed E-state index contributed by atoms with van der Waals surface area (Å²) in [5.74, 6) is -1.56. The summed E-state index contributed by atoms with van der Waals surface area (Å²) in [6, 6.07) is 2.63. The number of carbonyl (C=O) groups is 2. The summed E-state index contributed by atoms with van der Waals surface area (Å²) in [5.41, 5.74) is 2.00. The van der Waals surface area contributed by atoms with Crippen LogP contribution in [-0.4, -0.2) is 27.8 Å². The van der Waals surface area contributed by atoms with Gasteiger partial charge in [-0.05, 0) is 38.0 Å². The van der Waals surface area contributed by atoms with Gasteiger partial charge in [0.15, 0.2) is 5.69 Å². The maximum absolute atomic E-state index is 14.0. The molecule has 2 heterocycles. The lowest BCUT2D eigenvalue weighted by atomic mass is 9.82. The zero-order chi connectivity index (χ0) is 22.0. The number of allylic oxidation sites excluding steroid dienone is 2. The average Bonchev–Trinajstić information content (AvgIpc) is 2.71. The van der Waals surface area contributed by atoms with E-state index >= 15 is 0 Å². The van der Waals surface area contributed by atoms with E-state index in [1.54, 1.807) is 20.8 Å². The highest BCUT2D eigenvalue weighted by molar-refractivity contribution is 6.02. The number of aryl methyl sites for hydroxylation is 1. The summed E-state index contributed by atoms with van der Waals surface area (Å²) in [6.07, 6.45) is 3.70. The number of nitrogens with zero attached hydrogens (tertiary/aromatic N) is 4. The monoisotopic (exact) mass is 405 g/mol. The Hall–Kier alpha value is -3.85. The van der Waals surface area contributed by atoms with Gasteiger partial charge in [0.25, 0.3) is 0 Å². The van der Waals surface area contributed by atoms with E-state index in [-0.39, 0.29) is 23.3 Å². The molecule has 3 rings (SSSR count). The third kappa shape index (κ3) is 3.83. The van der Waals surface area contributed by atoms with E-state index in [4.69, 9.17) is 5.26 Å². The van der Waals surface area contributed by atoms with Crippen LogP contribution < -0.4 is 10.6 Å². The standard InChI is InChI=1S/C21H18FN6O2/c1-10-14(21(30)28-17-5-4-16(22)15(8-24)19(10)17)6-18(29)27-12(3)20-11(2)26-13(7-23)9-25-20/h4-5,9,12,17H,6H2,1-3H3,(H,27,29)(H,28,30)/t12-,17?/m0/s1. The first-order valence-corrected chi connectivity index (χ1v) is 9.16. The number of nitriles is 2. The Morgan fingerprint density at radius 3 is 2.73 bits per heavy atom. The summed E-state index contributed by atoms with van der Waals surface area (Å²) >= 11 is 0. The molecule has 0 bridgehead atoms. The molecule has 30 heavy (non-hydrogen) atoms. The van der Waals surface area contributed by atoms with E-state index in [0.29, 0.717) is 22.5 Å². The van der Waals surface area contributed by atoms with Crippen LogP contribution in [0.5, 0.6) is 0 Å². The molecule has 0 saturated heterocycles. The van der Waals surface area contributed by atoms with Gasteiger partial charge in [-0.3, -0.25) is 14.6 Å². The number of rotatable bonds is 4. The predicted molar refractivity (Wildman–Crippen MR) is 103 cm³/mol. The van der Waals surface area contributed by atoms with Crippen molar-refractivity contribution in [3.05, 3.63) is 63.9 Å². The molecule has 2 aliphatic rings. The second kappa shape index (κ2) is 8.26. The van der Waals surface area contributed by atoms with Crippen LogP contribution >= 0.6 is 0 Å². The first-order valence-electron chi connectivity index (χ1n) is 9.16. The Morgan fingerprint density at radius 1 is 1.37 bits per heavy atom. The third-order valence-corrected chi connectivity index (χ3v) is 5.01. The smallest absolute Gasteiger partial charge is 0.248 e. The number of nitrogens with one attached hydrogen (secondary N) is 2. The number of carbonyl (C=O) groups excluding carboxylic acids is 2. The molecule has 1 aromatic heterocycles. The third-order valence-electron chi connectivity index (χ3n) is 5.01. The summed E-state index contributed by atoms with van der Waals surface area (Å²) in [7, 11) is 0. The van der Waals surface area contributed by atoms with Gasteiger partial charge >= 0.3 is 0 Å². The molecule has 1 radical (unpaired) electrons. The van der Waals surface area contributed by atoms with Crippen molar-refractivity contribution in [3.63, 3.8) is 0 Å². The minimum absolute atomic E-state index is 0.144. The van der Waals surface area contributed by atoms with Crippen LogP contribution in [0.3, 0.4) is 0 Å². The fraction of sp³-hybridized carbons (Fsp3) is 0.286. The van der Waals surface area contributed by atoms with Gasteiger partial charge in [-0.1, -0.05) is 0 Å². The van der Waals surface area contributed by atoms with Crippen molar-refractivity contribution in [1.82, 2.24) is 20.6 Å². The van der Waals surface area contributed by atoms with Gasteiger partial charge < -0.3 is 10.6 Å². The fourth-order valence-electron chi connectivity index (χ4n) is 3.56. The minimum Gasteiger partial charge on any atom is -0.348 e. The van der Waals surface area contributed by atoms with Crippen LogP contribution in [0, 0.1) is 36.0 Å². The van der Waals surface area contributed by atoms with Gasteiger partial charge in [-0.25, -0.2) is 9.37 Å². The maximum atomic E-state index is 14.0. The molecule has 9 heteroatoms. The highest BCUT2D eigenvalue weighted by Crippen LogP contribution is 2.35. The van der Waals surface area contributed by atoms with E-state index in [0.717, 1.165) is 6.08 Å². The lowest BCUT2D eigenvalue weighted by Crippen LogP contribution is -2.44. The number of hydrogen-bond acceptors (Lipinski definition) is 6. The maximum Gasteiger partial charge on any atom is 0.248 e. The highest BCUT2D eigenvalue weighted by Gasteiger charge is 2.35.